The molecule has 2 aliphatic rings. The van der Waals surface area contributed by atoms with Gasteiger partial charge in [0, 0.05) is 26.7 Å². The summed E-state index contributed by atoms with van der Waals surface area (Å²) in [5.41, 5.74) is -0.835. The van der Waals surface area contributed by atoms with Crippen LogP contribution in [0.4, 0.5) is 0 Å². The molecule has 2 aliphatic heterocycles. The number of aliphatic hydroxyl groups is 1. The van der Waals surface area contributed by atoms with Gasteiger partial charge < -0.3 is 28.5 Å². The van der Waals surface area contributed by atoms with Gasteiger partial charge in [0.05, 0.1) is 12.7 Å². The zero-order valence-corrected chi connectivity index (χ0v) is 20.4. The first-order valence-corrected chi connectivity index (χ1v) is 11.2. The molecule has 0 amide bonds. The first-order chi connectivity index (χ1) is 16.3. The van der Waals surface area contributed by atoms with E-state index in [4.69, 9.17) is 23.4 Å². The number of rotatable bonds is 4. The Morgan fingerprint density at radius 1 is 1.17 bits per heavy atom. The van der Waals surface area contributed by atoms with E-state index in [-0.39, 0.29) is 41.4 Å². The standard InChI is InChI=1S/C25H30O10/c1-12(2)15-7-8-16-21(32-13(3)26)20(35-24(16)29)11-25(5,30)22(33-14(4)27)19-10-17(23(28)31-6)18(9-15)34-19/h8,10,15,20-22,30H,1,7,9,11H2,2-6H3/b16-8+/t15-,20+,21+,22+,25-/m0/s1. The van der Waals surface area contributed by atoms with E-state index in [0.717, 1.165) is 12.5 Å². The maximum absolute atomic E-state index is 12.7. The Kier molecular flexibility index (Phi) is 7.54. The van der Waals surface area contributed by atoms with Crippen molar-refractivity contribution in [2.24, 2.45) is 5.92 Å². The van der Waals surface area contributed by atoms with E-state index in [9.17, 15) is 24.3 Å². The SMILES string of the molecule is C=C(C)[C@H]1C/C=C2/C(=O)O[C@H](C[C@](C)(O)[C@H](OC(C)=O)c3cc(C(=O)OC)c(o3)C1)[C@@H]2OC(C)=O. The summed E-state index contributed by atoms with van der Waals surface area (Å²) < 4.78 is 27.2. The van der Waals surface area contributed by atoms with Crippen molar-refractivity contribution in [2.45, 2.75) is 70.9 Å². The van der Waals surface area contributed by atoms with Gasteiger partial charge >= 0.3 is 23.9 Å². The van der Waals surface area contributed by atoms with Crippen molar-refractivity contribution in [3.05, 3.63) is 47.0 Å². The quantitative estimate of drug-likeness (QED) is 0.381. The molecule has 1 aromatic heterocycles. The van der Waals surface area contributed by atoms with Crippen LogP contribution in [-0.4, -0.2) is 53.9 Å². The third kappa shape index (κ3) is 5.64. The Labute approximate surface area is 202 Å². The number of carbonyl (C=O) groups excluding carboxylic acids is 4. The molecule has 0 aliphatic carbocycles. The summed E-state index contributed by atoms with van der Waals surface area (Å²) in [6.07, 6.45) is -1.62. The summed E-state index contributed by atoms with van der Waals surface area (Å²) in [5.74, 6) is -2.67. The van der Waals surface area contributed by atoms with E-state index in [1.165, 1.54) is 27.0 Å². The van der Waals surface area contributed by atoms with Gasteiger partial charge in [-0.15, -0.1) is 0 Å². The third-order valence-electron chi connectivity index (χ3n) is 6.14. The molecule has 190 valence electrons. The molecule has 3 rings (SSSR count). The minimum absolute atomic E-state index is 0.0156. The predicted molar refractivity (Wildman–Crippen MR) is 120 cm³/mol. The summed E-state index contributed by atoms with van der Waals surface area (Å²) in [4.78, 5) is 48.9. The van der Waals surface area contributed by atoms with Gasteiger partial charge in [-0.1, -0.05) is 18.2 Å². The molecule has 0 aromatic carbocycles. The molecule has 1 aromatic rings. The minimum atomic E-state index is -1.85. The molecule has 5 atom stereocenters. The van der Waals surface area contributed by atoms with Gasteiger partial charge in [-0.05, 0) is 32.3 Å². The van der Waals surface area contributed by atoms with Gasteiger partial charge in [-0.2, -0.15) is 0 Å². The number of esters is 4. The van der Waals surface area contributed by atoms with Crippen LogP contribution in [0, 0.1) is 5.92 Å². The number of allylic oxidation sites excluding steroid dienone is 2. The Balaban J connectivity index is 2.20. The minimum Gasteiger partial charge on any atom is -0.465 e. The van der Waals surface area contributed by atoms with Crippen LogP contribution >= 0.6 is 0 Å². The molecule has 3 heterocycles. The fourth-order valence-electron chi connectivity index (χ4n) is 4.39. The van der Waals surface area contributed by atoms with Crippen molar-refractivity contribution >= 4 is 23.9 Å². The molecular weight excluding hydrogens is 460 g/mol. The second-order valence-corrected chi connectivity index (χ2v) is 9.14. The lowest BCUT2D eigenvalue weighted by Crippen LogP contribution is -2.42. The number of methoxy groups -OCH3 is 1. The number of furan rings is 1. The van der Waals surface area contributed by atoms with Crippen LogP contribution in [0.2, 0.25) is 0 Å². The van der Waals surface area contributed by atoms with Crippen molar-refractivity contribution in [1.82, 2.24) is 0 Å². The van der Waals surface area contributed by atoms with E-state index >= 15 is 0 Å². The molecule has 1 fully saturated rings. The Hall–Kier alpha value is -3.40. The highest BCUT2D eigenvalue weighted by Crippen LogP contribution is 2.41. The number of ether oxygens (including phenoxy) is 4. The van der Waals surface area contributed by atoms with Crippen LogP contribution in [0.5, 0.6) is 0 Å². The summed E-state index contributed by atoms with van der Waals surface area (Å²) in [5, 5.41) is 11.4. The van der Waals surface area contributed by atoms with Crippen LogP contribution in [0.15, 0.2) is 34.3 Å². The Bertz CT molecular complexity index is 1080. The fourth-order valence-corrected chi connectivity index (χ4v) is 4.39. The smallest absolute Gasteiger partial charge is 0.341 e. The largest absolute Gasteiger partial charge is 0.465 e. The Morgan fingerprint density at radius 3 is 2.40 bits per heavy atom. The summed E-state index contributed by atoms with van der Waals surface area (Å²) in [6, 6.07) is 1.37. The molecule has 4 bridgehead atoms. The van der Waals surface area contributed by atoms with Gasteiger partial charge in [0.1, 0.15) is 28.8 Å². The highest BCUT2D eigenvalue weighted by molar-refractivity contribution is 5.93. The summed E-state index contributed by atoms with van der Waals surface area (Å²) >= 11 is 0. The lowest BCUT2D eigenvalue weighted by Gasteiger charge is -2.33. The van der Waals surface area contributed by atoms with Crippen molar-refractivity contribution in [1.29, 1.82) is 0 Å². The number of carbonyl (C=O) groups is 4. The molecule has 1 N–H and O–H groups in total. The maximum Gasteiger partial charge on any atom is 0.341 e. The first kappa shape index (κ1) is 26.2. The van der Waals surface area contributed by atoms with Gasteiger partial charge in [0.15, 0.2) is 12.2 Å². The topological polar surface area (TPSA) is 139 Å². The fraction of sp³-hybridized carbons (Fsp3) is 0.520. The van der Waals surface area contributed by atoms with E-state index in [0.29, 0.717) is 6.42 Å². The zero-order valence-electron chi connectivity index (χ0n) is 20.4. The van der Waals surface area contributed by atoms with Crippen LogP contribution in [0.3, 0.4) is 0 Å². The molecule has 35 heavy (non-hydrogen) atoms. The average molecular weight is 491 g/mol. The molecule has 0 saturated carbocycles. The Morgan fingerprint density at radius 2 is 1.83 bits per heavy atom. The van der Waals surface area contributed by atoms with Crippen LogP contribution in [-0.2, 0) is 39.8 Å². The van der Waals surface area contributed by atoms with E-state index in [1.807, 2.05) is 0 Å². The molecule has 1 saturated heterocycles. The summed E-state index contributed by atoms with van der Waals surface area (Å²) in [7, 11) is 1.23. The van der Waals surface area contributed by atoms with Crippen LogP contribution < -0.4 is 0 Å². The van der Waals surface area contributed by atoms with Crippen LogP contribution in [0.25, 0.3) is 0 Å². The molecule has 0 spiro atoms. The third-order valence-corrected chi connectivity index (χ3v) is 6.14. The van der Waals surface area contributed by atoms with Crippen molar-refractivity contribution in [3.8, 4) is 0 Å². The van der Waals surface area contributed by atoms with Crippen LogP contribution in [0.1, 0.15) is 68.5 Å². The average Bonchev–Trinajstić information content (AvgIpc) is 3.28. The zero-order chi connectivity index (χ0) is 26.1. The second kappa shape index (κ2) is 10.1. The number of hydrogen-bond donors (Lipinski definition) is 1. The second-order valence-electron chi connectivity index (χ2n) is 9.14. The lowest BCUT2D eigenvalue weighted by molar-refractivity contribution is -0.174. The van der Waals surface area contributed by atoms with Gasteiger partial charge in [-0.3, -0.25) is 9.59 Å². The number of fused-ring (bicyclic) bond motifs is 4. The normalized spacial score (nSPS) is 29.9. The van der Waals surface area contributed by atoms with E-state index in [1.54, 1.807) is 13.0 Å². The molecule has 10 heteroatoms. The van der Waals surface area contributed by atoms with Gasteiger partial charge in [-0.25, -0.2) is 9.59 Å². The van der Waals surface area contributed by atoms with Crippen molar-refractivity contribution < 1.29 is 47.6 Å². The lowest BCUT2D eigenvalue weighted by atomic mass is 9.86. The maximum atomic E-state index is 12.7. The molecular formula is C25H30O10. The molecule has 10 nitrogen and oxygen atoms in total. The highest BCUT2D eigenvalue weighted by atomic mass is 16.6. The number of hydrogen-bond acceptors (Lipinski definition) is 10. The van der Waals surface area contributed by atoms with Crippen molar-refractivity contribution in [3.63, 3.8) is 0 Å². The van der Waals surface area contributed by atoms with E-state index in [2.05, 4.69) is 6.58 Å². The van der Waals surface area contributed by atoms with Gasteiger partial charge in [0.25, 0.3) is 0 Å². The molecule has 0 radical (unpaired) electrons. The monoisotopic (exact) mass is 490 g/mol. The predicted octanol–water partition coefficient (Wildman–Crippen LogP) is 2.73. The van der Waals surface area contributed by atoms with Crippen molar-refractivity contribution in [2.75, 3.05) is 7.11 Å². The van der Waals surface area contributed by atoms with Gasteiger partial charge in [0.2, 0.25) is 0 Å². The first-order valence-electron chi connectivity index (χ1n) is 11.2. The van der Waals surface area contributed by atoms with E-state index < -0.39 is 47.8 Å². The highest BCUT2D eigenvalue weighted by Gasteiger charge is 2.49. The molecule has 0 unspecified atom stereocenters. The summed E-state index contributed by atoms with van der Waals surface area (Å²) in [6.45, 7) is 9.56.